The van der Waals surface area contributed by atoms with Gasteiger partial charge in [0.05, 0.1) is 5.02 Å². The average molecular weight is 313 g/mol. The Morgan fingerprint density at radius 2 is 2.10 bits per heavy atom. The minimum absolute atomic E-state index is 0.334. The standard InChI is InChI=1S/C16H22ClFN2O/c17-14-11-13(18)1-2-15(14)21-10-9-20-8-5-16(12-20)3-6-19-7-4-16/h1-2,11,19H,3-10,12H2. The van der Waals surface area contributed by atoms with Crippen molar-refractivity contribution in [1.82, 2.24) is 10.2 Å². The summed E-state index contributed by atoms with van der Waals surface area (Å²) in [6, 6.07) is 4.26. The highest BCUT2D eigenvalue weighted by Crippen LogP contribution is 2.38. The third kappa shape index (κ3) is 3.68. The quantitative estimate of drug-likeness (QED) is 0.925. The van der Waals surface area contributed by atoms with E-state index in [1.54, 1.807) is 6.07 Å². The Bertz CT molecular complexity index is 491. The number of benzene rings is 1. The normalized spacial score (nSPS) is 21.8. The molecule has 2 heterocycles. The Hall–Kier alpha value is -0.840. The molecule has 3 rings (SSSR count). The van der Waals surface area contributed by atoms with Crippen molar-refractivity contribution < 1.29 is 9.13 Å². The summed E-state index contributed by atoms with van der Waals surface area (Å²) in [6.45, 7) is 6.13. The monoisotopic (exact) mass is 312 g/mol. The molecule has 1 aromatic rings. The number of halogens is 2. The fourth-order valence-corrected chi connectivity index (χ4v) is 3.68. The summed E-state index contributed by atoms with van der Waals surface area (Å²) in [5, 5.41) is 3.78. The topological polar surface area (TPSA) is 24.5 Å². The second-order valence-corrected chi connectivity index (χ2v) is 6.61. The molecule has 2 saturated heterocycles. The molecule has 2 aliphatic heterocycles. The molecule has 5 heteroatoms. The molecule has 0 unspecified atom stereocenters. The summed E-state index contributed by atoms with van der Waals surface area (Å²) in [4.78, 5) is 2.47. The van der Waals surface area contributed by atoms with E-state index in [-0.39, 0.29) is 5.82 Å². The summed E-state index contributed by atoms with van der Waals surface area (Å²) < 4.78 is 18.6. The number of piperidine rings is 1. The third-order valence-electron chi connectivity index (χ3n) is 4.74. The zero-order valence-corrected chi connectivity index (χ0v) is 13.0. The maximum absolute atomic E-state index is 13.0. The molecule has 0 amide bonds. The summed E-state index contributed by atoms with van der Waals surface area (Å²) in [5.74, 6) is 0.230. The van der Waals surface area contributed by atoms with E-state index >= 15 is 0 Å². The van der Waals surface area contributed by atoms with Crippen LogP contribution in [0.4, 0.5) is 4.39 Å². The Balaban J connectivity index is 1.46. The van der Waals surface area contributed by atoms with Crippen molar-refractivity contribution in [2.75, 3.05) is 39.3 Å². The van der Waals surface area contributed by atoms with Crippen LogP contribution in [0.3, 0.4) is 0 Å². The highest BCUT2D eigenvalue weighted by Gasteiger charge is 2.38. The van der Waals surface area contributed by atoms with Crippen molar-refractivity contribution in [2.24, 2.45) is 5.41 Å². The first-order chi connectivity index (χ1) is 10.2. The number of hydrogen-bond donors (Lipinski definition) is 1. The first-order valence-corrected chi connectivity index (χ1v) is 8.06. The van der Waals surface area contributed by atoms with Gasteiger partial charge in [-0.1, -0.05) is 11.6 Å². The third-order valence-corrected chi connectivity index (χ3v) is 5.04. The summed E-state index contributed by atoms with van der Waals surface area (Å²) in [6.07, 6.45) is 3.87. The van der Waals surface area contributed by atoms with E-state index in [1.807, 2.05) is 0 Å². The van der Waals surface area contributed by atoms with E-state index in [9.17, 15) is 4.39 Å². The molecule has 0 aromatic heterocycles. The summed E-state index contributed by atoms with van der Waals surface area (Å²) in [5.41, 5.74) is 0.527. The molecule has 1 spiro atoms. The SMILES string of the molecule is Fc1ccc(OCCN2CCC3(CCNCC3)C2)c(Cl)c1. The van der Waals surface area contributed by atoms with Gasteiger partial charge >= 0.3 is 0 Å². The van der Waals surface area contributed by atoms with Gasteiger partial charge in [0, 0.05) is 13.1 Å². The van der Waals surface area contributed by atoms with Crippen LogP contribution < -0.4 is 10.1 Å². The van der Waals surface area contributed by atoms with Crippen LogP contribution >= 0.6 is 11.6 Å². The highest BCUT2D eigenvalue weighted by atomic mass is 35.5. The highest BCUT2D eigenvalue weighted by molar-refractivity contribution is 6.32. The van der Waals surface area contributed by atoms with Crippen molar-refractivity contribution in [2.45, 2.75) is 19.3 Å². The van der Waals surface area contributed by atoms with E-state index in [4.69, 9.17) is 16.3 Å². The molecule has 2 fully saturated rings. The first kappa shape index (κ1) is 15.1. The van der Waals surface area contributed by atoms with E-state index in [1.165, 1.54) is 37.9 Å². The van der Waals surface area contributed by atoms with Crippen LogP contribution in [0, 0.1) is 11.2 Å². The molecule has 0 aliphatic carbocycles. The Labute approximate surface area is 130 Å². The van der Waals surface area contributed by atoms with Crippen LogP contribution in [-0.2, 0) is 0 Å². The summed E-state index contributed by atoms with van der Waals surface area (Å²) >= 11 is 5.96. The van der Waals surface area contributed by atoms with Crippen LogP contribution in [0.1, 0.15) is 19.3 Å². The molecule has 0 saturated carbocycles. The van der Waals surface area contributed by atoms with E-state index < -0.39 is 0 Å². The maximum atomic E-state index is 13.0. The smallest absolute Gasteiger partial charge is 0.138 e. The van der Waals surface area contributed by atoms with Crippen LogP contribution in [0.2, 0.25) is 5.02 Å². The van der Waals surface area contributed by atoms with E-state index in [2.05, 4.69) is 10.2 Å². The molecule has 1 N–H and O–H groups in total. The van der Waals surface area contributed by atoms with Gasteiger partial charge in [0.2, 0.25) is 0 Å². The lowest BCUT2D eigenvalue weighted by molar-refractivity contribution is 0.180. The van der Waals surface area contributed by atoms with Crippen molar-refractivity contribution in [3.63, 3.8) is 0 Å². The number of rotatable bonds is 4. The number of ether oxygens (including phenoxy) is 1. The van der Waals surface area contributed by atoms with Crippen LogP contribution in [0.15, 0.2) is 18.2 Å². The Morgan fingerprint density at radius 3 is 2.86 bits per heavy atom. The molecule has 0 radical (unpaired) electrons. The largest absolute Gasteiger partial charge is 0.491 e. The lowest BCUT2D eigenvalue weighted by Gasteiger charge is -2.33. The summed E-state index contributed by atoms with van der Waals surface area (Å²) in [7, 11) is 0. The minimum Gasteiger partial charge on any atom is -0.491 e. The molecule has 116 valence electrons. The molecular formula is C16H22ClFN2O. The van der Waals surface area contributed by atoms with Gasteiger partial charge in [-0.3, -0.25) is 4.90 Å². The number of likely N-dealkylation sites (tertiary alicyclic amines) is 1. The van der Waals surface area contributed by atoms with Gasteiger partial charge in [0.1, 0.15) is 18.2 Å². The molecule has 0 atom stereocenters. The lowest BCUT2D eigenvalue weighted by atomic mass is 9.78. The van der Waals surface area contributed by atoms with Gasteiger partial charge in [-0.05, 0) is 62.5 Å². The molecule has 21 heavy (non-hydrogen) atoms. The molecular weight excluding hydrogens is 291 g/mol. The predicted molar refractivity (Wildman–Crippen MR) is 82.5 cm³/mol. The maximum Gasteiger partial charge on any atom is 0.138 e. The van der Waals surface area contributed by atoms with Crippen molar-refractivity contribution in [3.05, 3.63) is 29.0 Å². The molecule has 0 bridgehead atoms. The van der Waals surface area contributed by atoms with E-state index in [0.29, 0.717) is 22.8 Å². The van der Waals surface area contributed by atoms with Gasteiger partial charge in [-0.2, -0.15) is 0 Å². The lowest BCUT2D eigenvalue weighted by Crippen LogP contribution is -2.39. The average Bonchev–Trinajstić information content (AvgIpc) is 2.85. The second kappa shape index (κ2) is 6.51. The minimum atomic E-state index is -0.334. The van der Waals surface area contributed by atoms with Crippen molar-refractivity contribution in [3.8, 4) is 5.75 Å². The second-order valence-electron chi connectivity index (χ2n) is 6.20. The van der Waals surface area contributed by atoms with Gasteiger partial charge < -0.3 is 10.1 Å². The van der Waals surface area contributed by atoms with Gasteiger partial charge in [0.15, 0.2) is 0 Å². The molecule has 1 aromatic carbocycles. The zero-order valence-electron chi connectivity index (χ0n) is 12.2. The number of nitrogens with zero attached hydrogens (tertiary/aromatic N) is 1. The van der Waals surface area contributed by atoms with E-state index in [0.717, 1.165) is 26.2 Å². The fraction of sp³-hybridized carbons (Fsp3) is 0.625. The van der Waals surface area contributed by atoms with Crippen LogP contribution in [0.25, 0.3) is 0 Å². The number of hydrogen-bond acceptors (Lipinski definition) is 3. The zero-order chi connectivity index (χ0) is 14.7. The molecule has 2 aliphatic rings. The Kier molecular flexibility index (Phi) is 4.67. The van der Waals surface area contributed by atoms with Gasteiger partial charge in [0.25, 0.3) is 0 Å². The van der Waals surface area contributed by atoms with Crippen LogP contribution in [0.5, 0.6) is 5.75 Å². The number of nitrogens with one attached hydrogen (secondary N) is 1. The van der Waals surface area contributed by atoms with Gasteiger partial charge in [-0.25, -0.2) is 4.39 Å². The first-order valence-electron chi connectivity index (χ1n) is 7.68. The van der Waals surface area contributed by atoms with Gasteiger partial charge in [-0.15, -0.1) is 0 Å². The fourth-order valence-electron chi connectivity index (χ4n) is 3.46. The van der Waals surface area contributed by atoms with Crippen LogP contribution in [-0.4, -0.2) is 44.2 Å². The van der Waals surface area contributed by atoms with Crippen molar-refractivity contribution >= 4 is 11.6 Å². The Morgan fingerprint density at radius 1 is 1.29 bits per heavy atom. The predicted octanol–water partition coefficient (Wildman–Crippen LogP) is 2.93. The van der Waals surface area contributed by atoms with Crippen molar-refractivity contribution in [1.29, 1.82) is 0 Å². The molecule has 3 nitrogen and oxygen atoms in total.